The number of rotatable bonds is 5. The predicted octanol–water partition coefficient (Wildman–Crippen LogP) is -0.322. The van der Waals surface area contributed by atoms with Crippen LogP contribution in [0.5, 0.6) is 0 Å². The quantitative estimate of drug-likeness (QED) is 0.482. The van der Waals surface area contributed by atoms with Crippen molar-refractivity contribution in [3.63, 3.8) is 0 Å². The zero-order valence-corrected chi connectivity index (χ0v) is 8.87. The van der Waals surface area contributed by atoms with E-state index in [2.05, 4.69) is 5.32 Å². The summed E-state index contributed by atoms with van der Waals surface area (Å²) in [5.41, 5.74) is -0.0512. The number of nitro benzene ring substituents is 1. The summed E-state index contributed by atoms with van der Waals surface area (Å²) in [7, 11) is 0. The molecule has 1 rings (SSSR count). The van der Waals surface area contributed by atoms with Crippen LogP contribution in [0, 0.1) is 10.1 Å². The first kappa shape index (κ1) is 13.1. The van der Waals surface area contributed by atoms with Crippen molar-refractivity contribution in [2.45, 2.75) is 6.10 Å². The summed E-state index contributed by atoms with van der Waals surface area (Å²) in [5.74, 6) is -0.541. The first-order valence-corrected chi connectivity index (χ1v) is 4.86. The molecule has 0 aliphatic carbocycles. The van der Waals surface area contributed by atoms with E-state index in [4.69, 9.17) is 10.2 Å². The molecule has 0 heterocycles. The first-order valence-electron chi connectivity index (χ1n) is 4.86. The maximum absolute atomic E-state index is 11.5. The van der Waals surface area contributed by atoms with Crippen LogP contribution >= 0.6 is 0 Å². The van der Waals surface area contributed by atoms with Crippen LogP contribution in [-0.2, 0) is 0 Å². The van der Waals surface area contributed by atoms with Crippen molar-refractivity contribution >= 4 is 11.6 Å². The second-order valence-corrected chi connectivity index (χ2v) is 3.35. The van der Waals surface area contributed by atoms with E-state index < -0.39 is 23.5 Å². The monoisotopic (exact) mass is 240 g/mol. The average molecular weight is 240 g/mol. The van der Waals surface area contributed by atoms with Gasteiger partial charge in [0.1, 0.15) is 0 Å². The van der Waals surface area contributed by atoms with Gasteiger partial charge < -0.3 is 15.5 Å². The average Bonchev–Trinajstić information content (AvgIpc) is 2.35. The molecule has 0 saturated carbocycles. The van der Waals surface area contributed by atoms with Crippen LogP contribution in [0.3, 0.4) is 0 Å². The Morgan fingerprint density at radius 2 is 2.24 bits per heavy atom. The van der Waals surface area contributed by atoms with E-state index in [1.165, 1.54) is 18.2 Å². The van der Waals surface area contributed by atoms with Crippen molar-refractivity contribution in [1.82, 2.24) is 5.32 Å². The van der Waals surface area contributed by atoms with E-state index in [-0.39, 0.29) is 17.8 Å². The molecule has 7 heteroatoms. The second-order valence-electron chi connectivity index (χ2n) is 3.35. The molecule has 1 aromatic carbocycles. The number of non-ortho nitro benzene ring substituents is 1. The van der Waals surface area contributed by atoms with Gasteiger partial charge in [-0.05, 0) is 6.07 Å². The Morgan fingerprint density at radius 1 is 1.53 bits per heavy atom. The number of carbonyl (C=O) groups excluding carboxylic acids is 1. The van der Waals surface area contributed by atoms with Gasteiger partial charge in [0.05, 0.1) is 17.6 Å². The topological polar surface area (TPSA) is 113 Å². The Balaban J connectivity index is 2.69. The Morgan fingerprint density at radius 3 is 2.82 bits per heavy atom. The van der Waals surface area contributed by atoms with Gasteiger partial charge in [-0.1, -0.05) is 6.07 Å². The molecular weight excluding hydrogens is 228 g/mol. The number of aliphatic hydroxyl groups excluding tert-OH is 2. The Bertz CT molecular complexity index is 421. The fraction of sp³-hybridized carbons (Fsp3) is 0.300. The highest BCUT2D eigenvalue weighted by molar-refractivity contribution is 5.94. The summed E-state index contributed by atoms with van der Waals surface area (Å²) in [6, 6.07) is 5.24. The summed E-state index contributed by atoms with van der Waals surface area (Å²) in [6.07, 6.45) is -1.04. The maximum atomic E-state index is 11.5. The van der Waals surface area contributed by atoms with Crippen molar-refractivity contribution in [1.29, 1.82) is 0 Å². The van der Waals surface area contributed by atoms with Crippen LogP contribution in [0.4, 0.5) is 5.69 Å². The molecule has 0 spiro atoms. The molecule has 17 heavy (non-hydrogen) atoms. The molecule has 1 atom stereocenters. The van der Waals surface area contributed by atoms with E-state index >= 15 is 0 Å². The molecule has 0 bridgehead atoms. The minimum Gasteiger partial charge on any atom is -0.394 e. The molecule has 0 aliphatic heterocycles. The minimum atomic E-state index is -1.04. The minimum absolute atomic E-state index is 0.113. The normalized spacial score (nSPS) is 11.9. The molecule has 0 radical (unpaired) electrons. The van der Waals surface area contributed by atoms with Crippen molar-refractivity contribution < 1.29 is 19.9 Å². The van der Waals surface area contributed by atoms with Gasteiger partial charge in [-0.3, -0.25) is 14.9 Å². The van der Waals surface area contributed by atoms with E-state index in [0.29, 0.717) is 0 Å². The number of aliphatic hydroxyl groups is 2. The highest BCUT2D eigenvalue weighted by Gasteiger charge is 2.12. The molecule has 1 amide bonds. The van der Waals surface area contributed by atoms with E-state index in [9.17, 15) is 14.9 Å². The molecule has 0 aromatic heterocycles. The molecule has 92 valence electrons. The van der Waals surface area contributed by atoms with Crippen molar-refractivity contribution in [3.8, 4) is 0 Å². The van der Waals surface area contributed by atoms with Crippen molar-refractivity contribution in [3.05, 3.63) is 39.9 Å². The van der Waals surface area contributed by atoms with Gasteiger partial charge in [-0.15, -0.1) is 0 Å². The van der Waals surface area contributed by atoms with Crippen LogP contribution in [0.15, 0.2) is 24.3 Å². The molecule has 0 fully saturated rings. The van der Waals surface area contributed by atoms with Gasteiger partial charge in [0.2, 0.25) is 0 Å². The summed E-state index contributed by atoms with van der Waals surface area (Å²) in [4.78, 5) is 21.4. The number of benzene rings is 1. The fourth-order valence-electron chi connectivity index (χ4n) is 1.14. The van der Waals surface area contributed by atoms with Crippen molar-refractivity contribution in [2.24, 2.45) is 0 Å². The summed E-state index contributed by atoms with van der Waals surface area (Å²) < 4.78 is 0. The third-order valence-electron chi connectivity index (χ3n) is 2.03. The third kappa shape index (κ3) is 3.82. The Hall–Kier alpha value is -1.99. The molecule has 0 aliphatic rings. The third-order valence-corrected chi connectivity index (χ3v) is 2.03. The lowest BCUT2D eigenvalue weighted by Gasteiger charge is -2.08. The van der Waals surface area contributed by atoms with Gasteiger partial charge in [-0.2, -0.15) is 0 Å². The summed E-state index contributed by atoms with van der Waals surface area (Å²) >= 11 is 0. The molecule has 1 aromatic rings. The van der Waals surface area contributed by atoms with Gasteiger partial charge in [0.25, 0.3) is 11.6 Å². The number of amides is 1. The van der Waals surface area contributed by atoms with Gasteiger partial charge in [0.15, 0.2) is 0 Å². The zero-order chi connectivity index (χ0) is 12.8. The second kappa shape index (κ2) is 5.92. The van der Waals surface area contributed by atoms with Crippen LogP contribution in [-0.4, -0.2) is 40.3 Å². The molecule has 0 unspecified atom stereocenters. The van der Waals surface area contributed by atoms with Gasteiger partial charge in [-0.25, -0.2) is 0 Å². The van der Waals surface area contributed by atoms with Crippen LogP contribution in [0.1, 0.15) is 10.4 Å². The molecular formula is C10H12N2O5. The molecule has 0 saturated heterocycles. The molecule has 3 N–H and O–H groups in total. The number of nitrogens with zero attached hydrogens (tertiary/aromatic N) is 1. The lowest BCUT2D eigenvalue weighted by molar-refractivity contribution is -0.384. The Labute approximate surface area is 96.8 Å². The highest BCUT2D eigenvalue weighted by atomic mass is 16.6. The lowest BCUT2D eigenvalue weighted by Crippen LogP contribution is -2.33. The zero-order valence-electron chi connectivity index (χ0n) is 8.87. The Kier molecular flexibility index (Phi) is 4.56. The van der Waals surface area contributed by atoms with E-state index in [1.54, 1.807) is 0 Å². The molecule has 7 nitrogen and oxygen atoms in total. The van der Waals surface area contributed by atoms with Gasteiger partial charge >= 0.3 is 0 Å². The van der Waals surface area contributed by atoms with E-state index in [1.807, 2.05) is 0 Å². The number of nitrogens with one attached hydrogen (secondary N) is 1. The first-order chi connectivity index (χ1) is 8.04. The number of hydrogen-bond donors (Lipinski definition) is 3. The number of nitro groups is 1. The standard InChI is InChI=1S/C10H12N2O5/c13-6-9(14)5-11-10(15)7-2-1-3-8(4-7)12(16)17/h1-4,9,13-14H,5-6H2,(H,11,15)/t9-/m0/s1. The number of hydrogen-bond acceptors (Lipinski definition) is 5. The van der Waals surface area contributed by atoms with Crippen LogP contribution in [0.25, 0.3) is 0 Å². The number of carbonyl (C=O) groups is 1. The maximum Gasteiger partial charge on any atom is 0.270 e. The van der Waals surface area contributed by atoms with Gasteiger partial charge in [0, 0.05) is 24.2 Å². The summed E-state index contributed by atoms with van der Waals surface area (Å²) in [6.45, 7) is -0.576. The van der Waals surface area contributed by atoms with Crippen LogP contribution < -0.4 is 5.32 Å². The van der Waals surface area contributed by atoms with E-state index in [0.717, 1.165) is 6.07 Å². The smallest absolute Gasteiger partial charge is 0.270 e. The lowest BCUT2D eigenvalue weighted by atomic mass is 10.2. The summed E-state index contributed by atoms with van der Waals surface area (Å²) in [5, 5.41) is 30.4. The predicted molar refractivity (Wildman–Crippen MR) is 58.5 cm³/mol. The fourth-order valence-corrected chi connectivity index (χ4v) is 1.14. The van der Waals surface area contributed by atoms with Crippen molar-refractivity contribution in [2.75, 3.05) is 13.2 Å². The SMILES string of the molecule is O=C(NC[C@H](O)CO)c1cccc([N+](=O)[O-])c1. The van der Waals surface area contributed by atoms with Crippen LogP contribution in [0.2, 0.25) is 0 Å². The highest BCUT2D eigenvalue weighted by Crippen LogP contribution is 2.12. The largest absolute Gasteiger partial charge is 0.394 e.